The summed E-state index contributed by atoms with van der Waals surface area (Å²) in [5.41, 5.74) is 1.18. The van der Waals surface area contributed by atoms with E-state index in [0.29, 0.717) is 11.3 Å². The van der Waals surface area contributed by atoms with Crippen molar-refractivity contribution in [1.29, 1.82) is 10.5 Å². The van der Waals surface area contributed by atoms with Crippen molar-refractivity contribution in [3.8, 4) is 12.1 Å². The molecule has 0 aliphatic heterocycles. The molecule has 0 bridgehead atoms. The number of hydrogen-bond donors (Lipinski definition) is 1. The first-order chi connectivity index (χ1) is 8.72. The SMILES string of the molecule is COC(=O)c1ccccc1N/C=C(\C#N)CC#N. The third-order valence-electron chi connectivity index (χ3n) is 2.15. The zero-order valence-electron chi connectivity index (χ0n) is 9.80. The van der Waals surface area contributed by atoms with Crippen LogP contribution in [0.1, 0.15) is 16.8 Å². The van der Waals surface area contributed by atoms with Crippen molar-refractivity contribution in [3.63, 3.8) is 0 Å². The lowest BCUT2D eigenvalue weighted by Crippen LogP contribution is -2.05. The van der Waals surface area contributed by atoms with E-state index in [9.17, 15) is 4.79 Å². The fraction of sp³-hybridized carbons (Fsp3) is 0.154. The lowest BCUT2D eigenvalue weighted by Gasteiger charge is -2.07. The van der Waals surface area contributed by atoms with Gasteiger partial charge in [-0.1, -0.05) is 12.1 Å². The first-order valence-corrected chi connectivity index (χ1v) is 5.13. The lowest BCUT2D eigenvalue weighted by molar-refractivity contribution is 0.0602. The quantitative estimate of drug-likeness (QED) is 0.645. The molecule has 0 aliphatic carbocycles. The van der Waals surface area contributed by atoms with Crippen molar-refractivity contribution in [1.82, 2.24) is 0 Å². The van der Waals surface area contributed by atoms with Gasteiger partial charge in [-0.25, -0.2) is 4.79 Å². The molecular formula is C13H11N3O2. The topological polar surface area (TPSA) is 85.9 Å². The first kappa shape index (κ1) is 13.3. The summed E-state index contributed by atoms with van der Waals surface area (Å²) in [5.74, 6) is -0.467. The number of nitrogens with zero attached hydrogens (tertiary/aromatic N) is 2. The van der Waals surface area contributed by atoms with E-state index < -0.39 is 5.97 Å². The Morgan fingerprint density at radius 1 is 1.44 bits per heavy atom. The van der Waals surface area contributed by atoms with Gasteiger partial charge in [0.2, 0.25) is 0 Å². The van der Waals surface area contributed by atoms with Crippen LogP contribution in [0.25, 0.3) is 0 Å². The van der Waals surface area contributed by atoms with Crippen molar-refractivity contribution in [2.24, 2.45) is 0 Å². The number of hydrogen-bond acceptors (Lipinski definition) is 5. The number of rotatable bonds is 4. The molecule has 0 amide bonds. The van der Waals surface area contributed by atoms with Gasteiger partial charge >= 0.3 is 5.97 Å². The second-order valence-electron chi connectivity index (χ2n) is 3.30. The summed E-state index contributed by atoms with van der Waals surface area (Å²) in [6.45, 7) is 0. The summed E-state index contributed by atoms with van der Waals surface area (Å²) < 4.78 is 4.64. The van der Waals surface area contributed by atoms with Crippen molar-refractivity contribution in [3.05, 3.63) is 41.6 Å². The maximum Gasteiger partial charge on any atom is 0.339 e. The highest BCUT2D eigenvalue weighted by Crippen LogP contribution is 2.16. The average molecular weight is 241 g/mol. The molecule has 5 nitrogen and oxygen atoms in total. The summed E-state index contributed by atoms with van der Waals surface area (Å²) in [6.07, 6.45) is 1.43. The molecule has 0 aromatic heterocycles. The van der Waals surface area contributed by atoms with Gasteiger partial charge in [-0.2, -0.15) is 10.5 Å². The first-order valence-electron chi connectivity index (χ1n) is 5.13. The van der Waals surface area contributed by atoms with Crippen LogP contribution in [0.3, 0.4) is 0 Å². The van der Waals surface area contributed by atoms with E-state index in [1.807, 2.05) is 12.1 Å². The number of anilines is 1. The molecule has 0 radical (unpaired) electrons. The number of allylic oxidation sites excluding steroid dienone is 1. The highest BCUT2D eigenvalue weighted by atomic mass is 16.5. The van der Waals surface area contributed by atoms with E-state index >= 15 is 0 Å². The Bertz CT molecular complexity index is 550. The van der Waals surface area contributed by atoms with Crippen LogP contribution < -0.4 is 5.32 Å². The molecule has 0 saturated carbocycles. The summed E-state index contributed by atoms with van der Waals surface area (Å²) >= 11 is 0. The molecule has 90 valence electrons. The van der Waals surface area contributed by atoms with Crippen LogP contribution in [0.4, 0.5) is 5.69 Å². The lowest BCUT2D eigenvalue weighted by atomic mass is 10.1. The Morgan fingerprint density at radius 3 is 2.78 bits per heavy atom. The van der Waals surface area contributed by atoms with Crippen LogP contribution >= 0.6 is 0 Å². The number of ether oxygens (including phenoxy) is 1. The molecule has 0 fully saturated rings. The number of esters is 1. The molecule has 0 unspecified atom stereocenters. The van der Waals surface area contributed by atoms with Crippen LogP contribution in [0.2, 0.25) is 0 Å². The van der Waals surface area contributed by atoms with E-state index in [-0.39, 0.29) is 12.0 Å². The zero-order valence-corrected chi connectivity index (χ0v) is 9.80. The van der Waals surface area contributed by atoms with Gasteiger partial charge in [-0.3, -0.25) is 0 Å². The van der Waals surface area contributed by atoms with Gasteiger partial charge in [0, 0.05) is 6.20 Å². The van der Waals surface area contributed by atoms with Gasteiger partial charge in [0.15, 0.2) is 0 Å². The highest BCUT2D eigenvalue weighted by Gasteiger charge is 2.09. The molecule has 0 spiro atoms. The summed E-state index contributed by atoms with van der Waals surface area (Å²) in [7, 11) is 1.30. The van der Waals surface area contributed by atoms with Gasteiger partial charge in [-0.05, 0) is 12.1 Å². The van der Waals surface area contributed by atoms with Gasteiger partial charge in [0.25, 0.3) is 0 Å². The summed E-state index contributed by atoms with van der Waals surface area (Å²) in [6, 6.07) is 10.5. The van der Waals surface area contributed by atoms with Crippen LogP contribution in [0.5, 0.6) is 0 Å². The molecule has 18 heavy (non-hydrogen) atoms. The van der Waals surface area contributed by atoms with Crippen LogP contribution in [-0.2, 0) is 4.74 Å². The Kier molecular flexibility index (Phi) is 4.96. The number of benzene rings is 1. The van der Waals surface area contributed by atoms with Crippen LogP contribution in [-0.4, -0.2) is 13.1 Å². The van der Waals surface area contributed by atoms with Crippen molar-refractivity contribution >= 4 is 11.7 Å². The van der Waals surface area contributed by atoms with E-state index in [2.05, 4.69) is 10.1 Å². The average Bonchev–Trinajstić information content (AvgIpc) is 2.43. The second-order valence-corrected chi connectivity index (χ2v) is 3.30. The molecule has 0 saturated heterocycles. The molecular weight excluding hydrogens is 230 g/mol. The van der Waals surface area contributed by atoms with Gasteiger partial charge in [0.1, 0.15) is 0 Å². The van der Waals surface area contributed by atoms with Gasteiger partial charge in [-0.15, -0.1) is 0 Å². The molecule has 1 N–H and O–H groups in total. The standard InChI is InChI=1S/C13H11N3O2/c1-18-13(17)11-4-2-3-5-12(11)16-9-10(8-15)6-7-14/h2-5,9,16H,6H2,1H3/b10-9-. The number of carbonyl (C=O) groups excluding carboxylic acids is 1. The molecule has 5 heteroatoms. The fourth-order valence-corrected chi connectivity index (χ4v) is 1.27. The minimum Gasteiger partial charge on any atom is -0.465 e. The smallest absolute Gasteiger partial charge is 0.339 e. The number of para-hydroxylation sites is 1. The third kappa shape index (κ3) is 3.36. The number of methoxy groups -OCH3 is 1. The maximum absolute atomic E-state index is 11.5. The van der Waals surface area contributed by atoms with Gasteiger partial charge in [0.05, 0.1) is 42.5 Å². The zero-order chi connectivity index (χ0) is 13.4. The highest BCUT2D eigenvalue weighted by molar-refractivity contribution is 5.95. The molecule has 1 rings (SSSR count). The van der Waals surface area contributed by atoms with Crippen LogP contribution in [0, 0.1) is 22.7 Å². The third-order valence-corrected chi connectivity index (χ3v) is 2.15. The Morgan fingerprint density at radius 2 is 2.17 bits per heavy atom. The van der Waals surface area contributed by atoms with Crippen molar-refractivity contribution in [2.45, 2.75) is 6.42 Å². The van der Waals surface area contributed by atoms with E-state index in [0.717, 1.165) is 0 Å². The second kappa shape index (κ2) is 6.72. The molecule has 0 heterocycles. The van der Waals surface area contributed by atoms with E-state index in [1.54, 1.807) is 24.3 Å². The summed E-state index contributed by atoms with van der Waals surface area (Å²) in [4.78, 5) is 11.5. The summed E-state index contributed by atoms with van der Waals surface area (Å²) in [5, 5.41) is 20.1. The van der Waals surface area contributed by atoms with E-state index in [4.69, 9.17) is 10.5 Å². The normalized spacial score (nSPS) is 10.1. The Hall–Kier alpha value is -2.79. The van der Waals surface area contributed by atoms with E-state index in [1.165, 1.54) is 13.3 Å². The minimum absolute atomic E-state index is 0.0177. The van der Waals surface area contributed by atoms with Crippen LogP contribution in [0.15, 0.2) is 36.0 Å². The molecule has 1 aromatic rings. The predicted molar refractivity (Wildman–Crippen MR) is 65.3 cm³/mol. The fourth-order valence-electron chi connectivity index (χ4n) is 1.27. The monoisotopic (exact) mass is 241 g/mol. The minimum atomic E-state index is -0.467. The maximum atomic E-state index is 11.5. The number of nitrogens with one attached hydrogen (secondary N) is 1. The number of nitriles is 2. The molecule has 0 atom stereocenters. The predicted octanol–water partition coefficient (Wildman–Crippen LogP) is 2.21. The molecule has 0 aliphatic rings. The van der Waals surface area contributed by atoms with Crippen molar-refractivity contribution < 1.29 is 9.53 Å². The Balaban J connectivity index is 2.96. The van der Waals surface area contributed by atoms with Crippen molar-refractivity contribution in [2.75, 3.05) is 12.4 Å². The Labute approximate surface area is 105 Å². The molecule has 1 aromatic carbocycles. The largest absolute Gasteiger partial charge is 0.465 e. The number of carbonyl (C=O) groups is 1. The van der Waals surface area contributed by atoms with Gasteiger partial charge < -0.3 is 10.1 Å².